The third-order valence-corrected chi connectivity index (χ3v) is 7.97. The highest BCUT2D eigenvalue weighted by Crippen LogP contribution is 2.29. The van der Waals surface area contributed by atoms with Gasteiger partial charge in [-0.05, 0) is 55.7 Å². The molecule has 4 aliphatic rings. The minimum absolute atomic E-state index is 0.172. The second kappa shape index (κ2) is 10.9. The second-order valence-electron chi connectivity index (χ2n) is 10.3. The first-order chi connectivity index (χ1) is 17.1. The summed E-state index contributed by atoms with van der Waals surface area (Å²) in [6, 6.07) is 4.92. The Bertz CT molecular complexity index is 1030. The fraction of sp³-hybridized carbons (Fsp3) is 0.607. The molecule has 1 atom stereocenters. The molecule has 35 heavy (non-hydrogen) atoms. The van der Waals surface area contributed by atoms with Gasteiger partial charge in [-0.25, -0.2) is 0 Å². The van der Waals surface area contributed by atoms with Crippen molar-refractivity contribution in [3.8, 4) is 11.8 Å². The van der Waals surface area contributed by atoms with E-state index in [1.807, 2.05) is 12.1 Å². The average molecular weight is 478 g/mol. The van der Waals surface area contributed by atoms with Gasteiger partial charge in [0.05, 0.1) is 6.10 Å². The van der Waals surface area contributed by atoms with Gasteiger partial charge < -0.3 is 14.5 Å². The highest BCUT2D eigenvalue weighted by Gasteiger charge is 2.39. The topological polar surface area (TPSA) is 79.0 Å². The summed E-state index contributed by atoms with van der Waals surface area (Å²) in [6.45, 7) is 4.19. The summed E-state index contributed by atoms with van der Waals surface area (Å²) in [5, 5.41) is 2.34. The van der Waals surface area contributed by atoms with Crippen LogP contribution >= 0.6 is 0 Å². The Labute approximate surface area is 207 Å². The molecule has 3 amide bonds. The van der Waals surface area contributed by atoms with Crippen LogP contribution in [0.2, 0.25) is 0 Å². The number of ether oxygens (including phenoxy) is 1. The van der Waals surface area contributed by atoms with Crippen LogP contribution in [0.25, 0.3) is 0 Å². The fourth-order valence-electron chi connectivity index (χ4n) is 5.99. The summed E-state index contributed by atoms with van der Waals surface area (Å²) < 4.78 is 6.06. The number of nitrogens with one attached hydrogen (secondary N) is 1. The number of imide groups is 1. The molecule has 0 spiro atoms. The molecule has 3 aliphatic heterocycles. The van der Waals surface area contributed by atoms with Gasteiger partial charge in [-0.2, -0.15) is 0 Å². The number of carbonyl (C=O) groups is 3. The van der Waals surface area contributed by atoms with Gasteiger partial charge >= 0.3 is 0 Å². The zero-order valence-electron chi connectivity index (χ0n) is 20.4. The molecule has 1 N–H and O–H groups in total. The van der Waals surface area contributed by atoms with Crippen LogP contribution in [-0.2, 0) is 20.9 Å². The predicted octanol–water partition coefficient (Wildman–Crippen LogP) is 2.86. The summed E-state index contributed by atoms with van der Waals surface area (Å²) in [5.41, 5.74) is 2.25. The SMILES string of the molecule is O=C1CCC(N2Cc3c(C#CCOC4CCN(CC5CCCCC5)CC4)cccc3C2=O)C(=O)N1. The maximum atomic E-state index is 12.9. The first kappa shape index (κ1) is 24.0. The van der Waals surface area contributed by atoms with E-state index in [1.165, 1.54) is 38.6 Å². The van der Waals surface area contributed by atoms with Crippen LogP contribution in [0.5, 0.6) is 0 Å². The molecule has 7 heteroatoms. The van der Waals surface area contributed by atoms with Gasteiger partial charge in [0, 0.05) is 43.7 Å². The van der Waals surface area contributed by atoms with Crippen molar-refractivity contribution in [1.82, 2.24) is 15.1 Å². The largest absolute Gasteiger partial charge is 0.365 e. The molecule has 1 saturated carbocycles. The zero-order valence-corrected chi connectivity index (χ0v) is 20.4. The smallest absolute Gasteiger partial charge is 0.255 e. The molecular weight excluding hydrogens is 442 g/mol. The van der Waals surface area contributed by atoms with E-state index in [9.17, 15) is 14.4 Å². The molecule has 3 fully saturated rings. The summed E-state index contributed by atoms with van der Waals surface area (Å²) in [7, 11) is 0. The van der Waals surface area contributed by atoms with Gasteiger partial charge in [0.25, 0.3) is 5.91 Å². The monoisotopic (exact) mass is 477 g/mol. The molecule has 0 aromatic heterocycles. The fourth-order valence-corrected chi connectivity index (χ4v) is 5.99. The number of benzene rings is 1. The van der Waals surface area contributed by atoms with Crippen LogP contribution in [-0.4, -0.2) is 65.9 Å². The summed E-state index contributed by atoms with van der Waals surface area (Å²) >= 11 is 0. The highest BCUT2D eigenvalue weighted by atomic mass is 16.5. The van der Waals surface area contributed by atoms with Crippen molar-refractivity contribution in [3.63, 3.8) is 0 Å². The zero-order chi connectivity index (χ0) is 24.2. The van der Waals surface area contributed by atoms with Crippen LogP contribution in [0.4, 0.5) is 0 Å². The predicted molar refractivity (Wildman–Crippen MR) is 131 cm³/mol. The number of rotatable bonds is 5. The van der Waals surface area contributed by atoms with E-state index < -0.39 is 11.9 Å². The Morgan fingerprint density at radius 2 is 1.80 bits per heavy atom. The van der Waals surface area contributed by atoms with E-state index >= 15 is 0 Å². The lowest BCUT2D eigenvalue weighted by Crippen LogP contribution is -2.52. The summed E-state index contributed by atoms with van der Waals surface area (Å²) in [6.07, 6.45) is 9.99. The van der Waals surface area contributed by atoms with E-state index in [1.54, 1.807) is 11.0 Å². The maximum Gasteiger partial charge on any atom is 0.255 e. The van der Waals surface area contributed by atoms with E-state index in [2.05, 4.69) is 22.1 Å². The Morgan fingerprint density at radius 3 is 2.57 bits per heavy atom. The first-order valence-electron chi connectivity index (χ1n) is 13.2. The van der Waals surface area contributed by atoms with Crippen molar-refractivity contribution in [1.29, 1.82) is 0 Å². The molecule has 7 nitrogen and oxygen atoms in total. The van der Waals surface area contributed by atoms with Crippen molar-refractivity contribution >= 4 is 17.7 Å². The number of fused-ring (bicyclic) bond motifs is 1. The molecular formula is C28H35N3O4. The molecule has 2 saturated heterocycles. The standard InChI is InChI=1S/C28H35N3O4/c32-26-12-11-25(27(33)29-26)31-19-24-21(8-4-10-23(24)28(31)34)9-5-17-35-22-13-15-30(16-14-22)18-20-6-2-1-3-7-20/h4,8,10,20,22,25H,1-3,6-7,11-19H2,(H,29,32,33). The van der Waals surface area contributed by atoms with Crippen LogP contribution in [0.15, 0.2) is 18.2 Å². The molecule has 1 unspecified atom stereocenters. The third kappa shape index (κ3) is 5.60. The van der Waals surface area contributed by atoms with E-state index in [-0.39, 0.29) is 24.3 Å². The number of amides is 3. The van der Waals surface area contributed by atoms with Crippen LogP contribution < -0.4 is 5.32 Å². The molecule has 0 bridgehead atoms. The third-order valence-electron chi connectivity index (χ3n) is 7.97. The quantitative estimate of drug-likeness (QED) is 0.521. The number of piperidine rings is 2. The Balaban J connectivity index is 1.12. The summed E-state index contributed by atoms with van der Waals surface area (Å²) in [4.78, 5) is 40.9. The summed E-state index contributed by atoms with van der Waals surface area (Å²) in [5.74, 6) is 6.37. The molecule has 0 radical (unpaired) electrons. The van der Waals surface area contributed by atoms with Gasteiger partial charge in [0.1, 0.15) is 12.6 Å². The lowest BCUT2D eigenvalue weighted by atomic mass is 9.88. The number of hydrogen-bond donors (Lipinski definition) is 1. The Morgan fingerprint density at radius 1 is 1.00 bits per heavy atom. The van der Waals surface area contributed by atoms with Crippen molar-refractivity contribution in [2.45, 2.75) is 76.5 Å². The molecule has 3 heterocycles. The Hall–Kier alpha value is -2.69. The van der Waals surface area contributed by atoms with Crippen LogP contribution in [0, 0.1) is 17.8 Å². The van der Waals surface area contributed by atoms with Gasteiger partial charge in [-0.3, -0.25) is 19.7 Å². The van der Waals surface area contributed by atoms with E-state index in [0.29, 0.717) is 25.1 Å². The number of hydrogen-bond acceptors (Lipinski definition) is 5. The second-order valence-corrected chi connectivity index (χ2v) is 10.3. The van der Waals surface area contributed by atoms with Gasteiger partial charge in [-0.15, -0.1) is 0 Å². The average Bonchev–Trinajstić information content (AvgIpc) is 3.20. The molecule has 1 aromatic carbocycles. The van der Waals surface area contributed by atoms with Crippen molar-refractivity contribution in [3.05, 3.63) is 34.9 Å². The first-order valence-corrected chi connectivity index (χ1v) is 13.2. The van der Waals surface area contributed by atoms with Gasteiger partial charge in [-0.1, -0.05) is 37.2 Å². The van der Waals surface area contributed by atoms with E-state index in [0.717, 1.165) is 43.0 Å². The van der Waals surface area contributed by atoms with Crippen molar-refractivity contribution < 1.29 is 19.1 Å². The highest BCUT2D eigenvalue weighted by molar-refractivity contribution is 6.05. The van der Waals surface area contributed by atoms with E-state index in [4.69, 9.17) is 4.74 Å². The molecule has 1 aromatic rings. The number of nitrogens with zero attached hydrogens (tertiary/aromatic N) is 2. The maximum absolute atomic E-state index is 12.9. The van der Waals surface area contributed by atoms with Gasteiger partial charge in [0.15, 0.2) is 0 Å². The molecule has 1 aliphatic carbocycles. The molecule has 5 rings (SSSR count). The van der Waals surface area contributed by atoms with Crippen molar-refractivity contribution in [2.24, 2.45) is 5.92 Å². The lowest BCUT2D eigenvalue weighted by molar-refractivity contribution is -0.136. The minimum Gasteiger partial charge on any atom is -0.365 e. The lowest BCUT2D eigenvalue weighted by Gasteiger charge is -2.35. The Kier molecular flexibility index (Phi) is 7.50. The minimum atomic E-state index is -0.610. The van der Waals surface area contributed by atoms with Gasteiger partial charge in [0.2, 0.25) is 11.8 Å². The van der Waals surface area contributed by atoms with Crippen LogP contribution in [0.3, 0.4) is 0 Å². The van der Waals surface area contributed by atoms with Crippen molar-refractivity contribution in [2.75, 3.05) is 26.2 Å². The van der Waals surface area contributed by atoms with Crippen LogP contribution in [0.1, 0.15) is 79.3 Å². The normalized spacial score (nSPS) is 24.2. The molecule has 186 valence electrons. The number of likely N-dealkylation sites (tertiary alicyclic amines) is 1. The number of carbonyl (C=O) groups excluding carboxylic acids is 3.